The van der Waals surface area contributed by atoms with Gasteiger partial charge in [0.1, 0.15) is 0 Å². The molecular weight excluding hydrogens is 274 g/mol. The minimum absolute atomic E-state index is 0.0547. The van der Waals surface area contributed by atoms with Crippen molar-refractivity contribution in [1.29, 1.82) is 5.26 Å². The molecule has 2 atom stereocenters. The lowest BCUT2D eigenvalue weighted by Gasteiger charge is -2.15. The number of aromatic amines is 1. The first-order chi connectivity index (χ1) is 9.67. The molecule has 2 aromatic rings. The van der Waals surface area contributed by atoms with E-state index >= 15 is 0 Å². The number of hydrogen-bond acceptors (Lipinski definition) is 4. The number of aromatic nitrogens is 1. The van der Waals surface area contributed by atoms with Crippen molar-refractivity contribution in [2.75, 3.05) is 0 Å². The van der Waals surface area contributed by atoms with Gasteiger partial charge in [0.15, 0.2) is 5.58 Å². The van der Waals surface area contributed by atoms with Crippen molar-refractivity contribution < 1.29 is 9.21 Å². The van der Waals surface area contributed by atoms with Crippen molar-refractivity contribution in [2.24, 2.45) is 5.92 Å². The van der Waals surface area contributed by atoms with Crippen LogP contribution in [0.4, 0.5) is 0 Å². The van der Waals surface area contributed by atoms with Crippen LogP contribution in [0.5, 0.6) is 0 Å². The number of nitrogens with one attached hydrogen (secondary N) is 2. The highest BCUT2D eigenvalue weighted by Gasteiger charge is 2.28. The number of rotatable bonds is 2. The van der Waals surface area contributed by atoms with E-state index in [4.69, 9.17) is 21.9 Å². The third-order valence-corrected chi connectivity index (χ3v) is 3.87. The summed E-state index contributed by atoms with van der Waals surface area (Å²) in [5.41, 5.74) is 1.84. The number of benzene rings is 1. The smallest absolute Gasteiger partial charge is 0.266 e. The van der Waals surface area contributed by atoms with Gasteiger partial charge in [-0.25, -0.2) is 0 Å². The first kappa shape index (κ1) is 12.9. The van der Waals surface area contributed by atoms with Gasteiger partial charge in [-0.15, -0.1) is 0 Å². The van der Waals surface area contributed by atoms with E-state index in [1.54, 1.807) is 18.2 Å². The first-order valence-corrected chi connectivity index (χ1v) is 6.91. The van der Waals surface area contributed by atoms with Crippen molar-refractivity contribution >= 4 is 29.2 Å². The van der Waals surface area contributed by atoms with Gasteiger partial charge in [0.25, 0.3) is 10.7 Å². The van der Waals surface area contributed by atoms with Crippen LogP contribution in [0, 0.1) is 22.1 Å². The molecule has 1 aromatic carbocycles. The van der Waals surface area contributed by atoms with Crippen LogP contribution in [-0.4, -0.2) is 16.9 Å². The van der Waals surface area contributed by atoms with Crippen molar-refractivity contribution in [3.8, 4) is 6.07 Å². The van der Waals surface area contributed by atoms with Gasteiger partial charge in [-0.3, -0.25) is 4.79 Å². The molecule has 6 heteroatoms. The molecular formula is C14H13N3O2S. The molecule has 102 valence electrons. The number of fused-ring (bicyclic) bond motifs is 1. The van der Waals surface area contributed by atoms with E-state index in [0.29, 0.717) is 11.1 Å². The molecule has 0 spiro atoms. The Morgan fingerprint density at radius 1 is 1.50 bits per heavy atom. The molecule has 0 bridgehead atoms. The summed E-state index contributed by atoms with van der Waals surface area (Å²) >= 11 is 4.91. The molecule has 1 amide bonds. The van der Waals surface area contributed by atoms with E-state index in [9.17, 15) is 4.79 Å². The van der Waals surface area contributed by atoms with Gasteiger partial charge in [-0.2, -0.15) is 5.26 Å². The van der Waals surface area contributed by atoms with Gasteiger partial charge in [-0.05, 0) is 49.7 Å². The number of nitriles is 1. The van der Waals surface area contributed by atoms with Crippen LogP contribution in [0.1, 0.15) is 29.6 Å². The quantitative estimate of drug-likeness (QED) is 0.832. The summed E-state index contributed by atoms with van der Waals surface area (Å²) in [7, 11) is 0. The van der Waals surface area contributed by atoms with E-state index in [0.717, 1.165) is 24.8 Å². The maximum absolute atomic E-state index is 12.2. The van der Waals surface area contributed by atoms with Crippen LogP contribution in [-0.2, 0) is 0 Å². The largest absolute Gasteiger partial charge is 0.429 e. The maximum atomic E-state index is 12.2. The highest BCUT2D eigenvalue weighted by molar-refractivity contribution is 7.71. The summed E-state index contributed by atoms with van der Waals surface area (Å²) in [5, 5.41) is 12.0. The normalized spacial score (nSPS) is 21.8. The second-order valence-electron chi connectivity index (χ2n) is 4.97. The van der Waals surface area contributed by atoms with Crippen LogP contribution in [0.2, 0.25) is 0 Å². The zero-order valence-electron chi connectivity index (χ0n) is 10.7. The lowest BCUT2D eigenvalue weighted by molar-refractivity contribution is 0.0933. The summed E-state index contributed by atoms with van der Waals surface area (Å²) in [6, 6.07) is 7.34. The van der Waals surface area contributed by atoms with Gasteiger partial charge in [0, 0.05) is 11.6 Å². The topological polar surface area (TPSA) is 81.8 Å². The molecule has 0 aliphatic heterocycles. The van der Waals surface area contributed by atoms with Gasteiger partial charge in [0.05, 0.1) is 17.5 Å². The molecule has 1 aromatic heterocycles. The summed E-state index contributed by atoms with van der Waals surface area (Å²) in [6.07, 6.45) is 2.69. The molecule has 1 aliphatic rings. The summed E-state index contributed by atoms with van der Waals surface area (Å²) in [5.74, 6) is -0.264. The average Bonchev–Trinajstić information content (AvgIpc) is 3.02. The van der Waals surface area contributed by atoms with Gasteiger partial charge >= 0.3 is 0 Å². The Bertz CT molecular complexity index is 756. The van der Waals surface area contributed by atoms with Crippen molar-refractivity contribution in [1.82, 2.24) is 10.3 Å². The predicted octanol–water partition coefficient (Wildman–Crippen LogP) is 2.91. The van der Waals surface area contributed by atoms with Crippen molar-refractivity contribution in [3.63, 3.8) is 0 Å². The molecule has 1 aliphatic carbocycles. The average molecular weight is 287 g/mol. The Hall–Kier alpha value is -2.13. The van der Waals surface area contributed by atoms with E-state index < -0.39 is 0 Å². The van der Waals surface area contributed by atoms with Gasteiger partial charge < -0.3 is 14.7 Å². The molecule has 0 unspecified atom stereocenters. The second kappa shape index (κ2) is 5.10. The zero-order chi connectivity index (χ0) is 14.1. The van der Waals surface area contributed by atoms with E-state index in [-0.39, 0.29) is 22.7 Å². The molecule has 1 fully saturated rings. The number of amides is 1. The van der Waals surface area contributed by atoms with Crippen molar-refractivity contribution in [3.05, 3.63) is 28.6 Å². The molecule has 2 N–H and O–H groups in total. The monoisotopic (exact) mass is 287 g/mol. The SMILES string of the molecule is N#C[C@@H]1CCC[C@H]1NC(=O)c1ccc2[nH]c(=S)oc2c1. The highest BCUT2D eigenvalue weighted by atomic mass is 32.1. The summed E-state index contributed by atoms with van der Waals surface area (Å²) in [4.78, 5) is 15.4. The Morgan fingerprint density at radius 2 is 2.35 bits per heavy atom. The van der Waals surface area contributed by atoms with Crippen LogP contribution in [0.15, 0.2) is 22.6 Å². The second-order valence-corrected chi connectivity index (χ2v) is 5.34. The Labute approximate surface area is 120 Å². The summed E-state index contributed by atoms with van der Waals surface area (Å²) < 4.78 is 5.30. The summed E-state index contributed by atoms with van der Waals surface area (Å²) in [6.45, 7) is 0. The van der Waals surface area contributed by atoms with Gasteiger partial charge in [-0.1, -0.05) is 0 Å². The lowest BCUT2D eigenvalue weighted by atomic mass is 10.1. The zero-order valence-corrected chi connectivity index (χ0v) is 11.5. The van der Waals surface area contributed by atoms with Crippen LogP contribution in [0.3, 0.4) is 0 Å². The molecule has 1 saturated carbocycles. The standard InChI is InChI=1S/C14H13N3O2S/c15-7-9-2-1-3-10(9)16-13(18)8-4-5-11-12(6-8)19-14(20)17-11/h4-6,9-10H,1-3H2,(H,16,18)(H,17,20)/t9-,10+/m0/s1. The predicted molar refractivity (Wildman–Crippen MR) is 75.6 cm³/mol. The number of nitrogens with zero attached hydrogens (tertiary/aromatic N) is 1. The van der Waals surface area contributed by atoms with Gasteiger partial charge in [0.2, 0.25) is 0 Å². The minimum atomic E-state index is -0.179. The first-order valence-electron chi connectivity index (χ1n) is 6.51. The molecule has 0 radical (unpaired) electrons. The molecule has 5 nitrogen and oxygen atoms in total. The van der Waals surface area contributed by atoms with Crippen LogP contribution < -0.4 is 5.32 Å². The number of carbonyl (C=O) groups is 1. The Morgan fingerprint density at radius 3 is 3.15 bits per heavy atom. The fourth-order valence-corrected chi connectivity index (χ4v) is 2.83. The highest BCUT2D eigenvalue weighted by Crippen LogP contribution is 2.25. The van der Waals surface area contributed by atoms with E-state index in [1.807, 2.05) is 0 Å². The lowest BCUT2D eigenvalue weighted by Crippen LogP contribution is -2.36. The third kappa shape index (κ3) is 2.32. The fraction of sp³-hybridized carbons (Fsp3) is 0.357. The van der Waals surface area contributed by atoms with Crippen molar-refractivity contribution in [2.45, 2.75) is 25.3 Å². The third-order valence-electron chi connectivity index (χ3n) is 3.68. The maximum Gasteiger partial charge on any atom is 0.266 e. The molecule has 3 rings (SSSR count). The molecule has 20 heavy (non-hydrogen) atoms. The fourth-order valence-electron chi connectivity index (χ4n) is 2.63. The van der Waals surface area contributed by atoms with E-state index in [1.165, 1.54) is 0 Å². The van der Waals surface area contributed by atoms with Crippen LogP contribution >= 0.6 is 12.2 Å². The Kier molecular flexibility index (Phi) is 3.28. The van der Waals surface area contributed by atoms with E-state index in [2.05, 4.69) is 16.4 Å². The number of H-pyrrole nitrogens is 1. The molecule has 1 heterocycles. The molecule has 0 saturated heterocycles. The minimum Gasteiger partial charge on any atom is -0.429 e. The number of oxazole rings is 1. The number of carbonyl (C=O) groups excluding carboxylic acids is 1. The number of hydrogen-bond donors (Lipinski definition) is 2. The van der Waals surface area contributed by atoms with Crippen LogP contribution in [0.25, 0.3) is 11.1 Å². The Balaban J connectivity index is 1.81.